The number of piperazine rings is 1. The summed E-state index contributed by atoms with van der Waals surface area (Å²) in [4.78, 5) is 13.7. The summed E-state index contributed by atoms with van der Waals surface area (Å²) in [5, 5.41) is 6.60. The molecule has 0 aliphatic carbocycles. The first-order valence-electron chi connectivity index (χ1n) is 9.63. The molecule has 6 nitrogen and oxygen atoms in total. The maximum absolute atomic E-state index is 4.56. The van der Waals surface area contributed by atoms with Gasteiger partial charge in [-0.15, -0.1) is 0 Å². The molecule has 2 N–H and O–H groups in total. The zero-order valence-corrected chi connectivity index (χ0v) is 16.4. The van der Waals surface area contributed by atoms with Gasteiger partial charge in [0.25, 0.3) is 0 Å². The van der Waals surface area contributed by atoms with E-state index in [2.05, 4.69) is 80.8 Å². The highest BCUT2D eigenvalue weighted by atomic mass is 15.2. The molecule has 0 atom stereocenters. The molecule has 0 amide bonds. The summed E-state index contributed by atoms with van der Waals surface area (Å²) in [7, 11) is 2.17. The molecule has 4 rings (SSSR count). The Morgan fingerprint density at radius 3 is 2.14 bits per heavy atom. The van der Waals surface area contributed by atoms with Crippen molar-refractivity contribution in [3.05, 3.63) is 66.4 Å². The average Bonchev–Trinajstić information content (AvgIpc) is 2.71. The Morgan fingerprint density at radius 2 is 1.43 bits per heavy atom. The number of nitrogens with one attached hydrogen (secondary N) is 2. The minimum absolute atomic E-state index is 0.574. The van der Waals surface area contributed by atoms with E-state index in [1.165, 1.54) is 11.3 Å². The first kappa shape index (κ1) is 18.3. The van der Waals surface area contributed by atoms with Crippen LogP contribution in [0.2, 0.25) is 0 Å². The lowest BCUT2D eigenvalue weighted by molar-refractivity contribution is 0.313. The molecular weight excluding hydrogens is 348 g/mol. The molecule has 3 aromatic rings. The van der Waals surface area contributed by atoms with Crippen LogP contribution in [0, 0.1) is 6.92 Å². The van der Waals surface area contributed by atoms with Crippen LogP contribution in [-0.2, 0) is 0 Å². The van der Waals surface area contributed by atoms with Crippen molar-refractivity contribution in [3.8, 4) is 0 Å². The van der Waals surface area contributed by atoms with Crippen molar-refractivity contribution in [3.63, 3.8) is 0 Å². The van der Waals surface area contributed by atoms with Gasteiger partial charge < -0.3 is 20.4 Å². The van der Waals surface area contributed by atoms with E-state index in [-0.39, 0.29) is 0 Å². The number of hydrogen-bond acceptors (Lipinski definition) is 6. The van der Waals surface area contributed by atoms with Gasteiger partial charge in [-0.1, -0.05) is 17.7 Å². The monoisotopic (exact) mass is 374 g/mol. The second kappa shape index (κ2) is 8.27. The van der Waals surface area contributed by atoms with E-state index < -0.39 is 0 Å². The summed E-state index contributed by atoms with van der Waals surface area (Å²) in [6, 6.07) is 18.6. The summed E-state index contributed by atoms with van der Waals surface area (Å²) in [5.41, 5.74) is 4.47. The average molecular weight is 374 g/mol. The molecule has 1 saturated heterocycles. The topological polar surface area (TPSA) is 56.3 Å². The fourth-order valence-corrected chi connectivity index (χ4v) is 3.22. The number of likely N-dealkylation sites (N-methyl/N-ethyl adjacent to an activating group) is 1. The highest BCUT2D eigenvalue weighted by Gasteiger charge is 2.14. The first-order chi connectivity index (χ1) is 13.7. The number of hydrogen-bond donors (Lipinski definition) is 2. The Morgan fingerprint density at radius 1 is 0.786 bits per heavy atom. The van der Waals surface area contributed by atoms with Crippen LogP contribution < -0.4 is 15.5 Å². The normalized spacial score (nSPS) is 14.7. The van der Waals surface area contributed by atoms with Gasteiger partial charge in [0.05, 0.1) is 0 Å². The second-order valence-electron chi connectivity index (χ2n) is 7.22. The molecule has 1 aliphatic rings. The van der Waals surface area contributed by atoms with Gasteiger partial charge in [0, 0.05) is 49.4 Å². The van der Waals surface area contributed by atoms with Crippen molar-refractivity contribution in [1.29, 1.82) is 0 Å². The second-order valence-corrected chi connectivity index (χ2v) is 7.22. The van der Waals surface area contributed by atoms with Crippen molar-refractivity contribution < 1.29 is 0 Å². The van der Waals surface area contributed by atoms with Gasteiger partial charge in [0.1, 0.15) is 5.82 Å². The lowest BCUT2D eigenvalue weighted by Gasteiger charge is -2.34. The number of aryl methyl sites for hydroxylation is 1. The van der Waals surface area contributed by atoms with Crippen LogP contribution in [0.3, 0.4) is 0 Å². The van der Waals surface area contributed by atoms with Crippen LogP contribution in [0.25, 0.3) is 0 Å². The molecule has 144 valence electrons. The summed E-state index contributed by atoms with van der Waals surface area (Å²) < 4.78 is 0. The summed E-state index contributed by atoms with van der Waals surface area (Å²) in [6.45, 7) is 6.42. The molecule has 0 saturated carbocycles. The van der Waals surface area contributed by atoms with E-state index in [9.17, 15) is 0 Å². The predicted octanol–water partition coefficient (Wildman–Crippen LogP) is 4.02. The summed E-state index contributed by atoms with van der Waals surface area (Å²) in [5.74, 6) is 1.33. The minimum Gasteiger partial charge on any atom is -0.369 e. The molecule has 1 fully saturated rings. The molecule has 6 heteroatoms. The van der Waals surface area contributed by atoms with Gasteiger partial charge in [-0.05, 0) is 56.4 Å². The third-order valence-corrected chi connectivity index (χ3v) is 4.97. The van der Waals surface area contributed by atoms with E-state index >= 15 is 0 Å². The third kappa shape index (κ3) is 4.58. The highest BCUT2D eigenvalue weighted by Crippen LogP contribution is 2.22. The van der Waals surface area contributed by atoms with Crippen molar-refractivity contribution >= 4 is 28.8 Å². The Hall–Kier alpha value is -3.12. The van der Waals surface area contributed by atoms with Crippen molar-refractivity contribution in [1.82, 2.24) is 14.9 Å². The van der Waals surface area contributed by atoms with Crippen molar-refractivity contribution in [2.75, 3.05) is 48.8 Å². The van der Waals surface area contributed by atoms with Crippen LogP contribution in [-0.4, -0.2) is 48.1 Å². The number of benzene rings is 2. The standard InChI is InChI=1S/C22H26N6/c1-17-3-5-18(6-4-17)24-21-11-12-23-22(26-21)25-19-7-9-20(10-8-19)28-15-13-27(2)14-16-28/h3-12H,13-16H2,1-2H3,(H2,23,24,25,26). The van der Waals surface area contributed by atoms with E-state index in [0.29, 0.717) is 5.95 Å². The predicted molar refractivity (Wildman–Crippen MR) is 116 cm³/mol. The van der Waals surface area contributed by atoms with E-state index in [1.807, 2.05) is 18.2 Å². The van der Waals surface area contributed by atoms with Crippen LogP contribution in [0.1, 0.15) is 5.56 Å². The van der Waals surface area contributed by atoms with Gasteiger partial charge in [-0.25, -0.2) is 4.98 Å². The van der Waals surface area contributed by atoms with Crippen LogP contribution >= 0.6 is 0 Å². The summed E-state index contributed by atoms with van der Waals surface area (Å²) in [6.07, 6.45) is 1.75. The smallest absolute Gasteiger partial charge is 0.229 e. The quantitative estimate of drug-likeness (QED) is 0.703. The van der Waals surface area contributed by atoms with E-state index in [4.69, 9.17) is 0 Å². The Balaban J connectivity index is 1.40. The Labute approximate surface area is 166 Å². The SMILES string of the molecule is Cc1ccc(Nc2ccnc(Nc3ccc(N4CCN(C)CC4)cc3)n2)cc1. The van der Waals surface area contributed by atoms with Gasteiger partial charge >= 0.3 is 0 Å². The van der Waals surface area contributed by atoms with Gasteiger partial charge in [0.15, 0.2) is 0 Å². The lowest BCUT2D eigenvalue weighted by atomic mass is 10.2. The highest BCUT2D eigenvalue weighted by molar-refractivity contribution is 5.62. The number of aromatic nitrogens is 2. The van der Waals surface area contributed by atoms with Crippen LogP contribution in [0.4, 0.5) is 28.8 Å². The molecule has 0 radical (unpaired) electrons. The lowest BCUT2D eigenvalue weighted by Crippen LogP contribution is -2.44. The fraction of sp³-hybridized carbons (Fsp3) is 0.273. The fourth-order valence-electron chi connectivity index (χ4n) is 3.22. The maximum Gasteiger partial charge on any atom is 0.229 e. The van der Waals surface area contributed by atoms with Crippen molar-refractivity contribution in [2.24, 2.45) is 0 Å². The molecule has 0 unspecified atom stereocenters. The van der Waals surface area contributed by atoms with E-state index in [0.717, 1.165) is 43.4 Å². The summed E-state index contributed by atoms with van der Waals surface area (Å²) >= 11 is 0. The number of anilines is 5. The van der Waals surface area contributed by atoms with Gasteiger partial charge in [-0.3, -0.25) is 0 Å². The first-order valence-corrected chi connectivity index (χ1v) is 9.63. The maximum atomic E-state index is 4.56. The van der Waals surface area contributed by atoms with Gasteiger partial charge in [0.2, 0.25) is 5.95 Å². The molecule has 2 heterocycles. The molecular formula is C22H26N6. The Kier molecular flexibility index (Phi) is 5.39. The van der Waals surface area contributed by atoms with Crippen LogP contribution in [0.5, 0.6) is 0 Å². The Bertz CT molecular complexity index is 899. The number of rotatable bonds is 5. The largest absolute Gasteiger partial charge is 0.369 e. The molecule has 1 aliphatic heterocycles. The van der Waals surface area contributed by atoms with Crippen molar-refractivity contribution in [2.45, 2.75) is 6.92 Å². The molecule has 1 aromatic heterocycles. The minimum atomic E-state index is 0.574. The molecule has 2 aromatic carbocycles. The molecule has 28 heavy (non-hydrogen) atoms. The van der Waals surface area contributed by atoms with Gasteiger partial charge in [-0.2, -0.15) is 4.98 Å². The zero-order chi connectivity index (χ0) is 19.3. The van der Waals surface area contributed by atoms with E-state index in [1.54, 1.807) is 6.20 Å². The molecule has 0 bridgehead atoms. The third-order valence-electron chi connectivity index (χ3n) is 4.97. The molecule has 0 spiro atoms. The zero-order valence-electron chi connectivity index (χ0n) is 16.4. The van der Waals surface area contributed by atoms with Crippen LogP contribution in [0.15, 0.2) is 60.8 Å². The number of nitrogens with zero attached hydrogens (tertiary/aromatic N) is 4.